The van der Waals surface area contributed by atoms with Crippen molar-refractivity contribution in [1.29, 1.82) is 0 Å². The third kappa shape index (κ3) is 6.29. The van der Waals surface area contributed by atoms with Gasteiger partial charge in [-0.3, -0.25) is 4.72 Å². The van der Waals surface area contributed by atoms with Gasteiger partial charge >= 0.3 is 0 Å². The van der Waals surface area contributed by atoms with Crippen LogP contribution in [-0.4, -0.2) is 40.7 Å². The Morgan fingerprint density at radius 1 is 1.05 bits per heavy atom. The van der Waals surface area contributed by atoms with Crippen molar-refractivity contribution in [2.75, 3.05) is 11.8 Å². The van der Waals surface area contributed by atoms with Crippen LogP contribution in [0.15, 0.2) is 83.1 Å². The van der Waals surface area contributed by atoms with Crippen molar-refractivity contribution in [3.63, 3.8) is 0 Å². The van der Waals surface area contributed by atoms with Gasteiger partial charge in [-0.25, -0.2) is 13.4 Å². The molecule has 3 aromatic carbocycles. The van der Waals surface area contributed by atoms with Gasteiger partial charge in [-0.05, 0) is 84.1 Å². The highest BCUT2D eigenvalue weighted by Crippen LogP contribution is 2.36. The molecule has 0 spiro atoms. The summed E-state index contributed by atoms with van der Waals surface area (Å²) in [7, 11) is -2.20. The first kappa shape index (κ1) is 26.7. The van der Waals surface area contributed by atoms with Crippen molar-refractivity contribution in [1.82, 2.24) is 25.2 Å². The minimum atomic E-state index is -3.82. The Kier molecular flexibility index (Phi) is 7.50. The first-order valence-electron chi connectivity index (χ1n) is 13.1. The summed E-state index contributed by atoms with van der Waals surface area (Å²) in [5.41, 5.74) is 3.92. The number of hydrogen-bond acceptors (Lipinski definition) is 8. The van der Waals surface area contributed by atoms with Crippen LogP contribution in [0.4, 0.5) is 5.69 Å². The van der Waals surface area contributed by atoms with Gasteiger partial charge in [-0.2, -0.15) is 4.80 Å². The number of thiazole rings is 1. The molecule has 11 heteroatoms. The molecule has 2 aromatic heterocycles. The zero-order chi connectivity index (χ0) is 28.2. The molecule has 0 radical (unpaired) electrons. The smallest absolute Gasteiger partial charge is 0.261 e. The van der Waals surface area contributed by atoms with Crippen molar-refractivity contribution >= 4 is 27.0 Å². The van der Waals surface area contributed by atoms with Crippen LogP contribution in [0.2, 0.25) is 0 Å². The fourth-order valence-electron chi connectivity index (χ4n) is 4.34. The number of nitrogens with one attached hydrogen (secondary N) is 1. The molecule has 1 saturated carbocycles. The SMILES string of the molecule is COc1ccc(Cn2nnc(-c3ccc(S(=O)(=O)Nc4cccc(C#Cc5nc(C6CCC6)cs5)c4)cc3)n2)cc1. The molecule has 1 aliphatic carbocycles. The molecule has 2 heterocycles. The van der Waals surface area contributed by atoms with Gasteiger partial charge in [-0.15, -0.1) is 21.5 Å². The lowest BCUT2D eigenvalue weighted by Gasteiger charge is -2.22. The van der Waals surface area contributed by atoms with Crippen LogP contribution in [0.3, 0.4) is 0 Å². The normalized spacial score (nSPS) is 13.2. The highest BCUT2D eigenvalue weighted by Gasteiger charge is 2.21. The largest absolute Gasteiger partial charge is 0.497 e. The zero-order valence-corrected chi connectivity index (χ0v) is 23.8. The first-order chi connectivity index (χ1) is 19.9. The van der Waals surface area contributed by atoms with Crippen LogP contribution >= 0.6 is 11.3 Å². The van der Waals surface area contributed by atoms with Gasteiger partial charge in [0.1, 0.15) is 5.75 Å². The van der Waals surface area contributed by atoms with Crippen LogP contribution in [-0.2, 0) is 16.6 Å². The topological polar surface area (TPSA) is 112 Å². The van der Waals surface area contributed by atoms with E-state index in [9.17, 15) is 8.42 Å². The van der Waals surface area contributed by atoms with E-state index < -0.39 is 10.0 Å². The summed E-state index contributed by atoms with van der Waals surface area (Å²) in [6.45, 7) is 0.447. The zero-order valence-electron chi connectivity index (χ0n) is 22.2. The molecule has 1 fully saturated rings. The monoisotopic (exact) mass is 582 g/mol. The molecule has 0 atom stereocenters. The minimum absolute atomic E-state index is 0.120. The van der Waals surface area contributed by atoms with Crippen LogP contribution in [0.1, 0.15) is 47.0 Å². The van der Waals surface area contributed by atoms with E-state index >= 15 is 0 Å². The first-order valence-corrected chi connectivity index (χ1v) is 15.4. The van der Waals surface area contributed by atoms with E-state index in [1.807, 2.05) is 30.3 Å². The van der Waals surface area contributed by atoms with Gasteiger partial charge in [-0.1, -0.05) is 30.5 Å². The molecule has 0 amide bonds. The summed E-state index contributed by atoms with van der Waals surface area (Å²) >= 11 is 1.55. The Morgan fingerprint density at radius 3 is 2.59 bits per heavy atom. The van der Waals surface area contributed by atoms with Crippen molar-refractivity contribution in [2.24, 2.45) is 0 Å². The maximum atomic E-state index is 13.1. The number of methoxy groups -OCH3 is 1. The van der Waals surface area contributed by atoms with E-state index in [4.69, 9.17) is 4.74 Å². The Hall–Kier alpha value is -4.53. The highest BCUT2D eigenvalue weighted by molar-refractivity contribution is 7.92. The second kappa shape index (κ2) is 11.5. The summed E-state index contributed by atoms with van der Waals surface area (Å²) in [6, 6.07) is 21.0. The van der Waals surface area contributed by atoms with Gasteiger partial charge in [0, 0.05) is 22.4 Å². The third-order valence-corrected chi connectivity index (χ3v) is 9.01. The summed E-state index contributed by atoms with van der Waals surface area (Å²) in [4.78, 5) is 6.25. The standard InChI is InChI=1S/C30H26N6O3S2/c1-39-26-13-8-22(9-14-26)19-36-33-30(32-35-36)24-11-15-27(16-12-24)41(37,38)34-25-7-2-4-21(18-25)10-17-29-31-28(20-40-29)23-5-3-6-23/h2,4,7-9,11-16,18,20,23,34H,3,5-6,19H2,1H3. The number of ether oxygens (including phenoxy) is 1. The molecule has 0 aliphatic heterocycles. The molecule has 1 N–H and O–H groups in total. The molecule has 0 bridgehead atoms. The second-order valence-electron chi connectivity index (χ2n) is 9.66. The minimum Gasteiger partial charge on any atom is -0.497 e. The quantitative estimate of drug-likeness (QED) is 0.247. The molecule has 1 aliphatic rings. The van der Waals surface area contributed by atoms with Crippen LogP contribution in [0, 0.1) is 11.8 Å². The van der Waals surface area contributed by atoms with Crippen molar-refractivity contribution in [2.45, 2.75) is 36.6 Å². The lowest BCUT2D eigenvalue weighted by atomic mass is 9.83. The number of tetrazole rings is 1. The fraction of sp³-hybridized carbons (Fsp3) is 0.200. The highest BCUT2D eigenvalue weighted by atomic mass is 32.2. The van der Waals surface area contributed by atoms with Gasteiger partial charge in [0.05, 0.1) is 29.9 Å². The van der Waals surface area contributed by atoms with Crippen molar-refractivity contribution in [3.8, 4) is 29.0 Å². The molecule has 206 valence electrons. The van der Waals surface area contributed by atoms with E-state index in [-0.39, 0.29) is 4.90 Å². The summed E-state index contributed by atoms with van der Waals surface area (Å²) < 4.78 is 34.0. The average Bonchev–Trinajstić information content (AvgIpc) is 3.61. The van der Waals surface area contributed by atoms with Crippen molar-refractivity contribution < 1.29 is 13.2 Å². The molecule has 0 unspecified atom stereocenters. The number of anilines is 1. The van der Waals surface area contributed by atoms with Crippen LogP contribution in [0.25, 0.3) is 11.4 Å². The Bertz CT molecular complexity index is 1830. The lowest BCUT2D eigenvalue weighted by molar-refractivity contribution is 0.412. The molecule has 9 nitrogen and oxygen atoms in total. The summed E-state index contributed by atoms with van der Waals surface area (Å²) in [6.07, 6.45) is 3.67. The second-order valence-corrected chi connectivity index (χ2v) is 12.2. The van der Waals surface area contributed by atoms with Gasteiger partial charge in [0.2, 0.25) is 5.82 Å². The molecule has 6 rings (SSSR count). The Morgan fingerprint density at radius 2 is 1.85 bits per heavy atom. The Labute approximate surface area is 242 Å². The predicted octanol–water partition coefficient (Wildman–Crippen LogP) is 5.32. The predicted molar refractivity (Wildman–Crippen MR) is 157 cm³/mol. The molecular weight excluding hydrogens is 557 g/mol. The van der Waals surface area contributed by atoms with Crippen LogP contribution in [0.5, 0.6) is 5.75 Å². The van der Waals surface area contributed by atoms with Gasteiger partial charge < -0.3 is 4.74 Å². The number of rotatable bonds is 8. The number of sulfonamides is 1. The van der Waals surface area contributed by atoms with Gasteiger partial charge in [0.15, 0.2) is 5.01 Å². The van der Waals surface area contributed by atoms with Crippen molar-refractivity contribution in [3.05, 3.63) is 100 Å². The number of aromatic nitrogens is 5. The number of benzene rings is 3. The van der Waals surface area contributed by atoms with E-state index in [2.05, 4.69) is 42.3 Å². The van der Waals surface area contributed by atoms with E-state index in [1.54, 1.807) is 48.8 Å². The molecular formula is C30H26N6O3S2. The maximum absolute atomic E-state index is 13.1. The summed E-state index contributed by atoms with van der Waals surface area (Å²) in [5.74, 6) is 7.95. The van der Waals surface area contributed by atoms with Gasteiger partial charge in [0.25, 0.3) is 10.0 Å². The Balaban J connectivity index is 1.11. The third-order valence-electron chi connectivity index (χ3n) is 6.83. The fourth-order valence-corrected chi connectivity index (χ4v) is 6.13. The van der Waals surface area contributed by atoms with Crippen LogP contribution < -0.4 is 9.46 Å². The molecule has 5 aromatic rings. The van der Waals surface area contributed by atoms with E-state index in [1.165, 1.54) is 36.2 Å². The average molecular weight is 583 g/mol. The molecule has 0 saturated heterocycles. The summed E-state index contributed by atoms with van der Waals surface area (Å²) in [5, 5.41) is 15.5. The van der Waals surface area contributed by atoms with E-state index in [0.717, 1.165) is 22.0 Å². The van der Waals surface area contributed by atoms with E-state index in [0.29, 0.717) is 35.1 Å². The number of nitrogens with zero attached hydrogens (tertiary/aromatic N) is 5. The maximum Gasteiger partial charge on any atom is 0.261 e. The lowest BCUT2D eigenvalue weighted by Crippen LogP contribution is -2.12. The number of hydrogen-bond donors (Lipinski definition) is 1. The molecule has 41 heavy (non-hydrogen) atoms.